The number of phenolic OH excluding ortho intramolecular Hbond substituents is 1. The molecule has 2 amide bonds. The maximum Gasteiger partial charge on any atom is 0.258 e. The standard InChI is InChI=1S/C21H18Cl2N4O3/c1-11-9-27(21(30)16-6-12(22)7-17(23)19(16)29)5-3-13(11)15-8-18(25-10-28)26-20-14(15)2-4-24-20/h2-4,6-8,10-11,29H,5,9H2,1H3,(H2,24,25,26,28). The van der Waals surface area contributed by atoms with Gasteiger partial charge in [0.25, 0.3) is 5.91 Å². The van der Waals surface area contributed by atoms with Gasteiger partial charge in [0.05, 0.1) is 10.6 Å². The Morgan fingerprint density at radius 3 is 2.90 bits per heavy atom. The number of amides is 2. The summed E-state index contributed by atoms with van der Waals surface area (Å²) in [6.45, 7) is 2.81. The van der Waals surface area contributed by atoms with Crippen LogP contribution in [0.15, 0.2) is 36.5 Å². The van der Waals surface area contributed by atoms with E-state index in [1.165, 1.54) is 12.1 Å². The Bertz CT molecular complexity index is 1190. The number of halogens is 2. The molecule has 1 atom stereocenters. The minimum Gasteiger partial charge on any atom is -0.506 e. The lowest BCUT2D eigenvalue weighted by Gasteiger charge is -2.32. The first-order chi connectivity index (χ1) is 14.4. The summed E-state index contributed by atoms with van der Waals surface area (Å²) in [5.74, 6) is -0.172. The van der Waals surface area contributed by atoms with Crippen LogP contribution in [0.3, 0.4) is 0 Å². The van der Waals surface area contributed by atoms with E-state index in [2.05, 4.69) is 15.3 Å². The van der Waals surface area contributed by atoms with Crippen LogP contribution in [0.25, 0.3) is 16.6 Å². The van der Waals surface area contributed by atoms with Crippen molar-refractivity contribution in [3.05, 3.63) is 57.7 Å². The second-order valence-electron chi connectivity index (χ2n) is 7.11. The molecule has 3 heterocycles. The number of pyridine rings is 1. The van der Waals surface area contributed by atoms with Crippen molar-refractivity contribution in [2.45, 2.75) is 6.92 Å². The zero-order valence-electron chi connectivity index (χ0n) is 15.9. The fourth-order valence-corrected chi connectivity index (χ4v) is 4.26. The third-order valence-corrected chi connectivity index (χ3v) is 5.66. The average molecular weight is 445 g/mol. The molecule has 4 rings (SSSR count). The number of H-pyrrole nitrogens is 1. The van der Waals surface area contributed by atoms with Crippen LogP contribution in [-0.2, 0) is 4.79 Å². The van der Waals surface area contributed by atoms with E-state index in [9.17, 15) is 14.7 Å². The molecule has 0 bridgehead atoms. The number of carbonyl (C=O) groups excluding carboxylic acids is 2. The maximum atomic E-state index is 13.0. The summed E-state index contributed by atoms with van der Waals surface area (Å²) in [5, 5.41) is 14.0. The molecule has 0 radical (unpaired) electrons. The first-order valence-corrected chi connectivity index (χ1v) is 10.0. The molecule has 0 saturated carbocycles. The molecular weight excluding hydrogens is 427 g/mol. The molecule has 1 aromatic carbocycles. The Balaban J connectivity index is 1.67. The summed E-state index contributed by atoms with van der Waals surface area (Å²) >= 11 is 12.0. The van der Waals surface area contributed by atoms with Gasteiger partial charge in [-0.05, 0) is 41.3 Å². The summed E-state index contributed by atoms with van der Waals surface area (Å²) in [5.41, 5.74) is 2.74. The van der Waals surface area contributed by atoms with Crippen molar-refractivity contribution in [2.75, 3.05) is 18.4 Å². The molecule has 1 aliphatic heterocycles. The van der Waals surface area contributed by atoms with Crippen molar-refractivity contribution >= 4 is 57.9 Å². The number of aromatic hydroxyl groups is 1. The molecule has 0 saturated heterocycles. The number of benzene rings is 1. The van der Waals surface area contributed by atoms with Gasteiger partial charge in [-0.15, -0.1) is 0 Å². The average Bonchev–Trinajstić information content (AvgIpc) is 3.18. The largest absolute Gasteiger partial charge is 0.506 e. The predicted molar refractivity (Wildman–Crippen MR) is 117 cm³/mol. The van der Waals surface area contributed by atoms with Gasteiger partial charge >= 0.3 is 0 Å². The van der Waals surface area contributed by atoms with Gasteiger partial charge < -0.3 is 20.3 Å². The highest BCUT2D eigenvalue weighted by molar-refractivity contribution is 6.36. The van der Waals surface area contributed by atoms with Crippen molar-refractivity contribution in [3.8, 4) is 5.75 Å². The molecule has 9 heteroatoms. The molecule has 0 spiro atoms. The van der Waals surface area contributed by atoms with Gasteiger partial charge in [0.1, 0.15) is 17.2 Å². The Morgan fingerprint density at radius 2 is 2.17 bits per heavy atom. The highest BCUT2D eigenvalue weighted by Gasteiger charge is 2.28. The summed E-state index contributed by atoms with van der Waals surface area (Å²) in [7, 11) is 0. The first kappa shape index (κ1) is 20.3. The Kier molecular flexibility index (Phi) is 5.40. The number of aromatic amines is 1. The monoisotopic (exact) mass is 444 g/mol. The minimum absolute atomic E-state index is 0.00378. The van der Waals surface area contributed by atoms with Crippen LogP contribution in [0.4, 0.5) is 5.82 Å². The number of hydrogen-bond acceptors (Lipinski definition) is 4. The molecule has 3 N–H and O–H groups in total. The molecule has 7 nitrogen and oxygen atoms in total. The molecule has 0 aliphatic carbocycles. The third kappa shape index (κ3) is 3.62. The highest BCUT2D eigenvalue weighted by atomic mass is 35.5. The van der Waals surface area contributed by atoms with Gasteiger partial charge in [-0.25, -0.2) is 4.98 Å². The highest BCUT2D eigenvalue weighted by Crippen LogP contribution is 2.36. The second kappa shape index (κ2) is 8.01. The van der Waals surface area contributed by atoms with E-state index in [0.717, 1.165) is 16.5 Å². The van der Waals surface area contributed by atoms with Gasteiger partial charge in [0.15, 0.2) is 0 Å². The zero-order chi connectivity index (χ0) is 21.4. The fourth-order valence-electron chi connectivity index (χ4n) is 3.76. The van der Waals surface area contributed by atoms with Gasteiger partial charge in [0, 0.05) is 29.7 Å². The lowest BCUT2D eigenvalue weighted by atomic mass is 9.89. The van der Waals surface area contributed by atoms with E-state index < -0.39 is 0 Å². The first-order valence-electron chi connectivity index (χ1n) is 9.25. The number of hydrogen-bond donors (Lipinski definition) is 3. The normalized spacial score (nSPS) is 16.4. The molecule has 0 fully saturated rings. The summed E-state index contributed by atoms with van der Waals surface area (Å²) in [6.07, 6.45) is 4.35. The van der Waals surface area contributed by atoms with Gasteiger partial charge in [-0.3, -0.25) is 9.59 Å². The summed E-state index contributed by atoms with van der Waals surface area (Å²) in [4.78, 5) is 32.9. The molecule has 154 valence electrons. The van der Waals surface area contributed by atoms with Gasteiger partial charge in [-0.2, -0.15) is 0 Å². The smallest absolute Gasteiger partial charge is 0.258 e. The van der Waals surface area contributed by atoms with Crippen LogP contribution in [0.5, 0.6) is 5.75 Å². The van der Waals surface area contributed by atoms with E-state index in [0.29, 0.717) is 31.0 Å². The lowest BCUT2D eigenvalue weighted by Crippen LogP contribution is -2.38. The Labute approximate surface area is 182 Å². The molecule has 30 heavy (non-hydrogen) atoms. The van der Waals surface area contributed by atoms with Crippen LogP contribution in [0, 0.1) is 5.92 Å². The zero-order valence-corrected chi connectivity index (χ0v) is 17.5. The van der Waals surface area contributed by atoms with E-state index in [-0.39, 0.29) is 33.2 Å². The number of rotatable bonds is 4. The second-order valence-corrected chi connectivity index (χ2v) is 7.96. The van der Waals surface area contributed by atoms with Crippen molar-refractivity contribution in [3.63, 3.8) is 0 Å². The van der Waals surface area contributed by atoms with E-state index in [1.807, 2.05) is 25.1 Å². The number of fused-ring (bicyclic) bond motifs is 1. The number of nitrogens with one attached hydrogen (secondary N) is 2. The van der Waals surface area contributed by atoms with E-state index >= 15 is 0 Å². The van der Waals surface area contributed by atoms with Crippen LogP contribution in [0.2, 0.25) is 10.0 Å². The van der Waals surface area contributed by atoms with Crippen LogP contribution >= 0.6 is 23.2 Å². The Hall–Kier alpha value is -3.03. The summed E-state index contributed by atoms with van der Waals surface area (Å²) in [6, 6.07) is 6.56. The van der Waals surface area contributed by atoms with Crippen molar-refractivity contribution < 1.29 is 14.7 Å². The lowest BCUT2D eigenvalue weighted by molar-refractivity contribution is -0.105. The number of anilines is 1. The number of carbonyl (C=O) groups is 2. The number of nitrogens with zero attached hydrogens (tertiary/aromatic N) is 2. The fraction of sp³-hybridized carbons (Fsp3) is 0.190. The Morgan fingerprint density at radius 1 is 1.37 bits per heavy atom. The molecule has 2 aromatic heterocycles. The molecular formula is C21H18Cl2N4O3. The van der Waals surface area contributed by atoms with Crippen LogP contribution < -0.4 is 5.32 Å². The predicted octanol–water partition coefficient (Wildman–Crippen LogP) is 4.32. The van der Waals surface area contributed by atoms with Crippen LogP contribution in [-0.4, -0.2) is 45.4 Å². The SMILES string of the molecule is CC1CN(C(=O)c2cc(Cl)cc(Cl)c2O)CC=C1c1cc(NC=O)nc2[nH]ccc12. The number of aromatic nitrogens is 2. The topological polar surface area (TPSA) is 98.3 Å². The molecule has 1 aliphatic rings. The quantitative estimate of drug-likeness (QED) is 0.521. The summed E-state index contributed by atoms with van der Waals surface area (Å²) < 4.78 is 0. The maximum absolute atomic E-state index is 13.0. The van der Waals surface area contributed by atoms with Crippen molar-refractivity contribution in [1.29, 1.82) is 0 Å². The third-order valence-electron chi connectivity index (χ3n) is 5.15. The van der Waals surface area contributed by atoms with Gasteiger partial charge in [0.2, 0.25) is 6.41 Å². The van der Waals surface area contributed by atoms with Crippen molar-refractivity contribution in [1.82, 2.24) is 14.9 Å². The minimum atomic E-state index is -0.344. The van der Waals surface area contributed by atoms with E-state index in [4.69, 9.17) is 23.2 Å². The molecule has 3 aromatic rings. The van der Waals surface area contributed by atoms with Crippen LogP contribution in [0.1, 0.15) is 22.8 Å². The van der Waals surface area contributed by atoms with E-state index in [1.54, 1.807) is 11.1 Å². The van der Waals surface area contributed by atoms with Gasteiger partial charge in [-0.1, -0.05) is 36.2 Å². The number of phenols is 1. The molecule has 1 unspecified atom stereocenters. The van der Waals surface area contributed by atoms with Crippen molar-refractivity contribution in [2.24, 2.45) is 5.92 Å².